The molecule has 0 aliphatic heterocycles. The zero-order valence-electron chi connectivity index (χ0n) is 8.16. The Bertz CT molecular complexity index is 374. The van der Waals surface area contributed by atoms with Crippen LogP contribution in [0.5, 0.6) is 0 Å². The zero-order chi connectivity index (χ0) is 11.4. The number of hydrogen-bond acceptors (Lipinski definition) is 4. The molecular formula is C8H11N3O4. The van der Waals surface area contributed by atoms with Gasteiger partial charge in [0.2, 0.25) is 6.33 Å². The number of aromatic nitrogens is 2. The summed E-state index contributed by atoms with van der Waals surface area (Å²) in [6, 6.07) is -0.781. The predicted octanol–water partition coefficient (Wildman–Crippen LogP) is 1.22. The molecule has 7 nitrogen and oxygen atoms in total. The summed E-state index contributed by atoms with van der Waals surface area (Å²) in [6.45, 7) is 1.85. The molecule has 0 aromatic carbocycles. The van der Waals surface area contributed by atoms with Crippen LogP contribution in [-0.2, 0) is 4.79 Å². The molecule has 7 heteroatoms. The van der Waals surface area contributed by atoms with Gasteiger partial charge in [-0.15, -0.1) is 0 Å². The average molecular weight is 213 g/mol. The van der Waals surface area contributed by atoms with E-state index in [-0.39, 0.29) is 5.82 Å². The molecule has 0 saturated heterocycles. The Balaban J connectivity index is 2.91. The van der Waals surface area contributed by atoms with Crippen molar-refractivity contribution in [3.05, 3.63) is 22.6 Å². The Morgan fingerprint density at radius 2 is 2.47 bits per heavy atom. The van der Waals surface area contributed by atoms with E-state index in [1.807, 2.05) is 6.92 Å². The topological polar surface area (TPSA) is 98.3 Å². The minimum absolute atomic E-state index is 0.336. The highest BCUT2D eigenvalue weighted by molar-refractivity contribution is 5.71. The molecule has 0 aliphatic carbocycles. The molecular weight excluding hydrogens is 202 g/mol. The van der Waals surface area contributed by atoms with Gasteiger partial charge in [0.25, 0.3) is 0 Å². The van der Waals surface area contributed by atoms with Crippen LogP contribution in [0, 0.1) is 10.1 Å². The summed E-state index contributed by atoms with van der Waals surface area (Å²) in [7, 11) is 0. The second kappa shape index (κ2) is 4.54. The molecule has 1 heterocycles. The van der Waals surface area contributed by atoms with E-state index < -0.39 is 16.9 Å². The molecule has 15 heavy (non-hydrogen) atoms. The van der Waals surface area contributed by atoms with Gasteiger partial charge in [-0.2, -0.15) is 0 Å². The van der Waals surface area contributed by atoms with Gasteiger partial charge in [0.15, 0.2) is 0 Å². The molecule has 1 aromatic heterocycles. The van der Waals surface area contributed by atoms with Gasteiger partial charge < -0.3 is 15.2 Å². The lowest BCUT2D eigenvalue weighted by molar-refractivity contribution is -0.389. The summed E-state index contributed by atoms with van der Waals surface area (Å²) in [5.74, 6) is -1.35. The Hall–Kier alpha value is -1.92. The fourth-order valence-electron chi connectivity index (χ4n) is 1.26. The largest absolute Gasteiger partial charge is 0.480 e. The van der Waals surface area contributed by atoms with Crippen molar-refractivity contribution < 1.29 is 14.8 Å². The third kappa shape index (κ3) is 2.52. The molecule has 0 fully saturated rings. The standard InChI is InChI=1S/C8H11N3O4/c1-2-3-6(8(12)13)10-4-7(9-5-10)11(14)15/h4-6H,2-3H2,1H3,(H,12,13). The van der Waals surface area contributed by atoms with Crippen LogP contribution < -0.4 is 0 Å². The first-order chi connectivity index (χ1) is 7.06. The number of carboxylic acids is 1. The molecule has 0 amide bonds. The summed E-state index contributed by atoms with van der Waals surface area (Å²) in [6.07, 6.45) is 3.41. The van der Waals surface area contributed by atoms with Gasteiger partial charge in [0, 0.05) is 0 Å². The van der Waals surface area contributed by atoms with Crippen LogP contribution in [-0.4, -0.2) is 25.6 Å². The summed E-state index contributed by atoms with van der Waals surface area (Å²) >= 11 is 0. The highest BCUT2D eigenvalue weighted by Crippen LogP contribution is 2.17. The van der Waals surface area contributed by atoms with Crippen molar-refractivity contribution >= 4 is 11.8 Å². The molecule has 1 atom stereocenters. The minimum Gasteiger partial charge on any atom is -0.480 e. The van der Waals surface area contributed by atoms with Crippen LogP contribution >= 0.6 is 0 Å². The van der Waals surface area contributed by atoms with Crippen molar-refractivity contribution in [3.8, 4) is 0 Å². The fourth-order valence-corrected chi connectivity index (χ4v) is 1.26. The maximum Gasteiger partial charge on any atom is 0.381 e. The first-order valence-electron chi connectivity index (χ1n) is 4.47. The second-order valence-corrected chi connectivity index (χ2v) is 3.08. The van der Waals surface area contributed by atoms with Crippen molar-refractivity contribution in [2.24, 2.45) is 0 Å². The normalized spacial score (nSPS) is 12.3. The van der Waals surface area contributed by atoms with E-state index in [4.69, 9.17) is 5.11 Å². The Morgan fingerprint density at radius 1 is 1.80 bits per heavy atom. The third-order valence-electron chi connectivity index (χ3n) is 1.98. The van der Waals surface area contributed by atoms with Gasteiger partial charge in [-0.05, 0) is 16.3 Å². The fraction of sp³-hybridized carbons (Fsp3) is 0.500. The van der Waals surface area contributed by atoms with Gasteiger partial charge in [-0.25, -0.2) is 4.79 Å². The van der Waals surface area contributed by atoms with Gasteiger partial charge in [-0.3, -0.25) is 4.57 Å². The van der Waals surface area contributed by atoms with Crippen LogP contribution in [0.3, 0.4) is 0 Å². The first-order valence-corrected chi connectivity index (χ1v) is 4.47. The monoisotopic (exact) mass is 213 g/mol. The van der Waals surface area contributed by atoms with E-state index in [1.165, 1.54) is 10.9 Å². The second-order valence-electron chi connectivity index (χ2n) is 3.08. The number of rotatable bonds is 5. The van der Waals surface area contributed by atoms with Crippen molar-refractivity contribution in [2.75, 3.05) is 0 Å². The minimum atomic E-state index is -1.01. The lowest BCUT2D eigenvalue weighted by atomic mass is 10.2. The van der Waals surface area contributed by atoms with E-state index >= 15 is 0 Å². The maximum absolute atomic E-state index is 10.9. The van der Waals surface area contributed by atoms with Gasteiger partial charge in [-0.1, -0.05) is 13.3 Å². The summed E-state index contributed by atoms with van der Waals surface area (Å²) in [5, 5.41) is 19.2. The highest BCUT2D eigenvalue weighted by Gasteiger charge is 2.22. The molecule has 82 valence electrons. The maximum atomic E-state index is 10.9. The molecule has 0 saturated carbocycles. The predicted molar refractivity (Wildman–Crippen MR) is 50.5 cm³/mol. The Morgan fingerprint density at radius 3 is 2.87 bits per heavy atom. The van der Waals surface area contributed by atoms with E-state index in [0.29, 0.717) is 12.8 Å². The van der Waals surface area contributed by atoms with E-state index in [2.05, 4.69) is 4.98 Å². The van der Waals surface area contributed by atoms with Crippen LogP contribution in [0.2, 0.25) is 0 Å². The lowest BCUT2D eigenvalue weighted by Crippen LogP contribution is -2.17. The smallest absolute Gasteiger partial charge is 0.381 e. The van der Waals surface area contributed by atoms with Crippen molar-refractivity contribution in [2.45, 2.75) is 25.8 Å². The third-order valence-corrected chi connectivity index (χ3v) is 1.98. The van der Waals surface area contributed by atoms with Crippen molar-refractivity contribution in [1.29, 1.82) is 0 Å². The van der Waals surface area contributed by atoms with E-state index in [1.54, 1.807) is 0 Å². The Kier molecular flexibility index (Phi) is 3.37. The lowest BCUT2D eigenvalue weighted by Gasteiger charge is -2.10. The molecule has 0 bridgehead atoms. The molecule has 1 N–H and O–H groups in total. The number of carboxylic acid groups (broad SMARTS) is 1. The Labute approximate surface area is 85.5 Å². The van der Waals surface area contributed by atoms with Gasteiger partial charge >= 0.3 is 11.8 Å². The molecule has 1 unspecified atom stereocenters. The number of carbonyl (C=O) groups is 1. The van der Waals surface area contributed by atoms with Crippen LogP contribution in [0.1, 0.15) is 25.8 Å². The van der Waals surface area contributed by atoms with Gasteiger partial charge in [0.05, 0.1) is 0 Å². The summed E-state index contributed by atoms with van der Waals surface area (Å²) in [4.78, 5) is 24.0. The number of aliphatic carboxylic acids is 1. The highest BCUT2D eigenvalue weighted by atomic mass is 16.6. The molecule has 1 rings (SSSR count). The van der Waals surface area contributed by atoms with Crippen molar-refractivity contribution in [3.63, 3.8) is 0 Å². The zero-order valence-corrected chi connectivity index (χ0v) is 8.16. The van der Waals surface area contributed by atoms with Crippen molar-refractivity contribution in [1.82, 2.24) is 9.55 Å². The number of imidazole rings is 1. The molecule has 0 radical (unpaired) electrons. The molecule has 0 spiro atoms. The average Bonchev–Trinajstić information content (AvgIpc) is 2.62. The number of nitrogens with zero attached hydrogens (tertiary/aromatic N) is 3. The van der Waals surface area contributed by atoms with Crippen LogP contribution in [0.25, 0.3) is 0 Å². The SMILES string of the molecule is CCCC(C(=O)O)n1cnc([N+](=O)[O-])c1. The summed E-state index contributed by atoms with van der Waals surface area (Å²) < 4.78 is 1.25. The van der Waals surface area contributed by atoms with Gasteiger partial charge in [0.1, 0.15) is 12.2 Å². The van der Waals surface area contributed by atoms with Crippen LogP contribution in [0.15, 0.2) is 12.5 Å². The number of hydrogen-bond donors (Lipinski definition) is 1. The van der Waals surface area contributed by atoms with E-state index in [9.17, 15) is 14.9 Å². The molecule has 1 aromatic rings. The first kappa shape index (κ1) is 11.2. The molecule has 0 aliphatic rings. The summed E-state index contributed by atoms with van der Waals surface area (Å²) in [5.41, 5.74) is 0. The quantitative estimate of drug-likeness (QED) is 0.585. The van der Waals surface area contributed by atoms with E-state index in [0.717, 1.165) is 6.20 Å². The van der Waals surface area contributed by atoms with Crippen LogP contribution in [0.4, 0.5) is 5.82 Å². The number of nitro groups is 1.